The molecule has 0 saturated heterocycles. The van der Waals surface area contributed by atoms with E-state index in [-0.39, 0.29) is 11.5 Å². The summed E-state index contributed by atoms with van der Waals surface area (Å²) in [7, 11) is 0. The number of benzene rings is 1. The molecule has 0 radical (unpaired) electrons. The molecule has 0 aliphatic carbocycles. The summed E-state index contributed by atoms with van der Waals surface area (Å²) in [5, 5.41) is 3.41. The van der Waals surface area contributed by atoms with Crippen molar-refractivity contribution in [1.29, 1.82) is 0 Å². The fourth-order valence-electron chi connectivity index (χ4n) is 2.53. The zero-order valence-electron chi connectivity index (χ0n) is 13.9. The minimum absolute atomic E-state index is 0.187. The normalized spacial score (nSPS) is 12.3. The van der Waals surface area contributed by atoms with E-state index in [1.807, 2.05) is 37.3 Å². The molecule has 0 fully saturated rings. The van der Waals surface area contributed by atoms with Crippen LogP contribution >= 0.6 is 11.3 Å². The number of rotatable bonds is 4. The van der Waals surface area contributed by atoms with E-state index in [0.29, 0.717) is 10.2 Å². The highest BCUT2D eigenvalue weighted by Gasteiger charge is 2.18. The third-order valence-corrected chi connectivity index (χ3v) is 4.98. The van der Waals surface area contributed by atoms with Crippen molar-refractivity contribution in [2.24, 2.45) is 0 Å². The second-order valence-corrected chi connectivity index (χ2v) is 6.98. The van der Waals surface area contributed by atoms with E-state index in [4.69, 9.17) is 0 Å². The van der Waals surface area contributed by atoms with Crippen LogP contribution in [0, 0.1) is 6.92 Å². The quantitative estimate of drug-likeness (QED) is 0.789. The number of amides is 1. The van der Waals surface area contributed by atoms with Gasteiger partial charge in [-0.2, -0.15) is 0 Å². The maximum Gasteiger partial charge on any atom is 0.262 e. The Hall–Kier alpha value is -2.47. The van der Waals surface area contributed by atoms with Crippen molar-refractivity contribution in [3.63, 3.8) is 0 Å². The lowest BCUT2D eigenvalue weighted by molar-refractivity contribution is -0.118. The number of anilines is 1. The van der Waals surface area contributed by atoms with E-state index in [9.17, 15) is 9.59 Å². The Morgan fingerprint density at radius 2 is 2.04 bits per heavy atom. The molecular weight excluding hydrogens is 322 g/mol. The van der Waals surface area contributed by atoms with Crippen molar-refractivity contribution in [3.05, 3.63) is 57.5 Å². The van der Waals surface area contributed by atoms with Gasteiger partial charge in [-0.15, -0.1) is 11.3 Å². The van der Waals surface area contributed by atoms with Gasteiger partial charge in [0, 0.05) is 10.6 Å². The summed E-state index contributed by atoms with van der Waals surface area (Å²) < 4.78 is 1.38. The van der Waals surface area contributed by atoms with Crippen molar-refractivity contribution >= 4 is 33.1 Å². The molecule has 124 valence electrons. The van der Waals surface area contributed by atoms with Crippen LogP contribution in [0.2, 0.25) is 0 Å². The molecule has 24 heavy (non-hydrogen) atoms. The topological polar surface area (TPSA) is 64.0 Å². The van der Waals surface area contributed by atoms with E-state index in [1.54, 1.807) is 6.92 Å². The summed E-state index contributed by atoms with van der Waals surface area (Å²) in [5.74, 6) is -0.241. The molecule has 0 aliphatic heterocycles. The Morgan fingerprint density at radius 1 is 1.33 bits per heavy atom. The Kier molecular flexibility index (Phi) is 4.49. The van der Waals surface area contributed by atoms with Crippen molar-refractivity contribution in [1.82, 2.24) is 9.55 Å². The first-order chi connectivity index (χ1) is 11.5. The minimum Gasteiger partial charge on any atom is -0.324 e. The molecule has 3 rings (SSSR count). The molecule has 2 aromatic heterocycles. The molecule has 0 saturated carbocycles. The summed E-state index contributed by atoms with van der Waals surface area (Å²) in [6.45, 7) is 5.72. The maximum absolute atomic E-state index is 12.6. The molecule has 1 amide bonds. The molecule has 2 heterocycles. The van der Waals surface area contributed by atoms with Gasteiger partial charge in [-0.3, -0.25) is 14.2 Å². The first-order valence-corrected chi connectivity index (χ1v) is 8.68. The third kappa shape index (κ3) is 3.10. The van der Waals surface area contributed by atoms with Gasteiger partial charge in [0.05, 0.1) is 11.7 Å². The molecule has 1 aromatic carbocycles. The van der Waals surface area contributed by atoms with Crippen molar-refractivity contribution in [2.45, 2.75) is 33.2 Å². The Bertz CT molecular complexity index is 941. The lowest BCUT2D eigenvalue weighted by Crippen LogP contribution is -2.31. The molecule has 0 unspecified atom stereocenters. The number of thiophene rings is 1. The first kappa shape index (κ1) is 16.4. The highest BCUT2D eigenvalue weighted by atomic mass is 32.1. The van der Waals surface area contributed by atoms with Crippen molar-refractivity contribution in [3.8, 4) is 0 Å². The van der Waals surface area contributed by atoms with Crippen LogP contribution in [0.1, 0.15) is 30.3 Å². The summed E-state index contributed by atoms with van der Waals surface area (Å²) >= 11 is 1.48. The lowest BCUT2D eigenvalue weighted by atomic mass is 10.1. The number of nitrogens with zero attached hydrogens (tertiary/aromatic N) is 2. The fourth-order valence-corrected chi connectivity index (χ4v) is 3.37. The molecule has 0 aliphatic rings. The number of aromatic nitrogens is 2. The van der Waals surface area contributed by atoms with Crippen molar-refractivity contribution < 1.29 is 4.79 Å². The molecule has 0 bridgehead atoms. The first-order valence-electron chi connectivity index (χ1n) is 7.86. The van der Waals surface area contributed by atoms with Crippen LogP contribution in [0.4, 0.5) is 5.69 Å². The van der Waals surface area contributed by atoms with Crippen molar-refractivity contribution in [2.75, 3.05) is 5.32 Å². The lowest BCUT2D eigenvalue weighted by Gasteiger charge is -2.15. The van der Waals surface area contributed by atoms with Crippen LogP contribution in [0.25, 0.3) is 10.2 Å². The summed E-state index contributed by atoms with van der Waals surface area (Å²) in [6, 6.07) is 8.88. The number of nitrogens with one attached hydrogen (secondary N) is 1. The number of hydrogen-bond donors (Lipinski definition) is 1. The standard InChI is InChI=1S/C18H19N3O2S/c1-4-13-5-7-14(8-6-13)20-16(22)12(3)21-10-19-17-15(18(21)23)9-11(2)24-17/h5-10,12H,4H2,1-3H3,(H,20,22)/t12-/m1/s1. The molecule has 0 spiro atoms. The van der Waals surface area contributed by atoms with Crippen LogP contribution in [-0.4, -0.2) is 15.5 Å². The van der Waals surface area contributed by atoms with Gasteiger partial charge in [0.1, 0.15) is 10.9 Å². The summed E-state index contributed by atoms with van der Waals surface area (Å²) in [5.41, 5.74) is 1.74. The van der Waals surface area contributed by atoms with E-state index in [1.165, 1.54) is 27.8 Å². The van der Waals surface area contributed by atoms with Crippen LogP contribution in [0.5, 0.6) is 0 Å². The van der Waals surface area contributed by atoms with E-state index in [0.717, 1.165) is 17.0 Å². The van der Waals surface area contributed by atoms with Gasteiger partial charge in [-0.1, -0.05) is 19.1 Å². The monoisotopic (exact) mass is 341 g/mol. The summed E-state index contributed by atoms with van der Waals surface area (Å²) in [6.07, 6.45) is 2.40. The highest BCUT2D eigenvalue weighted by molar-refractivity contribution is 7.18. The van der Waals surface area contributed by atoms with Gasteiger partial charge in [-0.05, 0) is 44.0 Å². The summed E-state index contributed by atoms with van der Waals surface area (Å²) in [4.78, 5) is 31.1. The number of carbonyl (C=O) groups excluding carboxylic acids is 1. The average molecular weight is 341 g/mol. The molecular formula is C18H19N3O2S. The largest absolute Gasteiger partial charge is 0.324 e. The number of fused-ring (bicyclic) bond motifs is 1. The Morgan fingerprint density at radius 3 is 2.71 bits per heavy atom. The zero-order valence-corrected chi connectivity index (χ0v) is 14.7. The Balaban J connectivity index is 1.84. The fraction of sp³-hybridized carbons (Fsp3) is 0.278. The molecule has 5 nitrogen and oxygen atoms in total. The minimum atomic E-state index is -0.638. The second-order valence-electron chi connectivity index (χ2n) is 5.75. The number of aryl methyl sites for hydroxylation is 2. The average Bonchev–Trinajstić information content (AvgIpc) is 2.97. The third-order valence-electron chi connectivity index (χ3n) is 4.03. The molecule has 1 N–H and O–H groups in total. The van der Waals surface area contributed by atoms with Crippen LogP contribution in [0.15, 0.2) is 41.5 Å². The number of carbonyl (C=O) groups is 1. The van der Waals surface area contributed by atoms with Gasteiger partial charge in [0.2, 0.25) is 5.91 Å². The second kappa shape index (κ2) is 6.57. The van der Waals surface area contributed by atoms with Crippen LogP contribution in [0.3, 0.4) is 0 Å². The smallest absolute Gasteiger partial charge is 0.262 e. The highest BCUT2D eigenvalue weighted by Crippen LogP contribution is 2.20. The molecule has 1 atom stereocenters. The Labute approximate surface area is 144 Å². The predicted octanol–water partition coefficient (Wildman–Crippen LogP) is 3.53. The van der Waals surface area contributed by atoms with E-state index < -0.39 is 6.04 Å². The van der Waals surface area contributed by atoms with Gasteiger partial charge < -0.3 is 5.32 Å². The van der Waals surface area contributed by atoms with Crippen LogP contribution < -0.4 is 10.9 Å². The van der Waals surface area contributed by atoms with Gasteiger partial charge in [-0.25, -0.2) is 4.98 Å². The SMILES string of the molecule is CCc1ccc(NC(=O)[C@@H](C)n2cnc3sc(C)cc3c2=O)cc1. The molecule has 6 heteroatoms. The molecule has 3 aromatic rings. The van der Waals surface area contributed by atoms with E-state index >= 15 is 0 Å². The maximum atomic E-state index is 12.6. The zero-order chi connectivity index (χ0) is 17.3. The van der Waals surface area contributed by atoms with Gasteiger partial charge in [0.25, 0.3) is 5.56 Å². The van der Waals surface area contributed by atoms with Gasteiger partial charge >= 0.3 is 0 Å². The predicted molar refractivity (Wildman–Crippen MR) is 97.8 cm³/mol. The van der Waals surface area contributed by atoms with Crippen LogP contribution in [-0.2, 0) is 11.2 Å². The van der Waals surface area contributed by atoms with E-state index in [2.05, 4.69) is 17.2 Å². The number of hydrogen-bond acceptors (Lipinski definition) is 4. The van der Waals surface area contributed by atoms with Gasteiger partial charge in [0.15, 0.2) is 0 Å².